The number of nitrogens with zero attached hydrogens (tertiary/aromatic N) is 2. The number of aromatic nitrogens is 2. The Kier molecular flexibility index (Phi) is 5.31. The van der Waals surface area contributed by atoms with Crippen molar-refractivity contribution in [2.45, 2.75) is 47.1 Å². The number of nitrogens with one attached hydrogen (secondary N) is 1. The molecule has 20 heavy (non-hydrogen) atoms. The second-order valence-corrected chi connectivity index (χ2v) is 6.13. The molecular weight excluding hydrogens is 270 g/mol. The van der Waals surface area contributed by atoms with Gasteiger partial charge in [0.2, 0.25) is 0 Å². The molecule has 0 fully saturated rings. The van der Waals surface area contributed by atoms with Crippen LogP contribution in [0.1, 0.15) is 43.0 Å². The van der Waals surface area contributed by atoms with Gasteiger partial charge in [0.15, 0.2) is 5.82 Å². The predicted octanol–water partition coefficient (Wildman–Crippen LogP) is 4.06. The van der Waals surface area contributed by atoms with E-state index < -0.39 is 0 Å². The van der Waals surface area contributed by atoms with Gasteiger partial charge in [0.05, 0.1) is 5.39 Å². The zero-order chi connectivity index (χ0) is 14.5. The molecule has 0 amide bonds. The second-order valence-electron chi connectivity index (χ2n) is 4.93. The van der Waals surface area contributed by atoms with Gasteiger partial charge in [0.25, 0.3) is 0 Å². The molecular formula is C15H23N3OS. The summed E-state index contributed by atoms with van der Waals surface area (Å²) in [5.41, 5.74) is 1.28. The monoisotopic (exact) mass is 293 g/mol. The second kappa shape index (κ2) is 6.99. The van der Waals surface area contributed by atoms with Gasteiger partial charge in [0, 0.05) is 18.0 Å². The standard InChI is InChI=1S/C15H23N3OS/c1-5-7-16-14-13-10(3)11(4)20-15(13)18-12(17-14)9-19-8-6-2/h5-9H2,1-4H3,(H,16,17,18). The fourth-order valence-corrected chi connectivity index (χ4v) is 3.09. The zero-order valence-corrected chi connectivity index (χ0v) is 13.6. The molecule has 2 rings (SSSR count). The molecule has 0 aromatic carbocycles. The van der Waals surface area contributed by atoms with Crippen LogP contribution in [0.15, 0.2) is 0 Å². The predicted molar refractivity (Wildman–Crippen MR) is 85.6 cm³/mol. The minimum absolute atomic E-state index is 0.487. The third-order valence-electron chi connectivity index (χ3n) is 3.20. The first-order chi connectivity index (χ1) is 9.67. The minimum Gasteiger partial charge on any atom is -0.373 e. The first-order valence-corrected chi connectivity index (χ1v) is 8.07. The van der Waals surface area contributed by atoms with E-state index in [9.17, 15) is 0 Å². The SMILES string of the molecule is CCCNc1nc(COCCC)nc2sc(C)c(C)c12. The summed E-state index contributed by atoms with van der Waals surface area (Å²) in [6.07, 6.45) is 2.09. The van der Waals surface area contributed by atoms with Gasteiger partial charge < -0.3 is 10.1 Å². The summed E-state index contributed by atoms with van der Waals surface area (Å²) in [4.78, 5) is 11.6. The molecule has 2 aromatic rings. The quantitative estimate of drug-likeness (QED) is 0.782. The maximum Gasteiger partial charge on any atom is 0.158 e. The normalized spacial score (nSPS) is 11.2. The highest BCUT2D eigenvalue weighted by Crippen LogP contribution is 2.33. The van der Waals surface area contributed by atoms with Crippen LogP contribution in [0.5, 0.6) is 0 Å². The van der Waals surface area contributed by atoms with Gasteiger partial charge in [-0.05, 0) is 32.3 Å². The number of thiophene rings is 1. The lowest BCUT2D eigenvalue weighted by Crippen LogP contribution is -2.07. The number of ether oxygens (including phenoxy) is 1. The molecule has 2 aromatic heterocycles. The van der Waals surface area contributed by atoms with Crippen molar-refractivity contribution in [1.29, 1.82) is 0 Å². The first kappa shape index (κ1) is 15.2. The van der Waals surface area contributed by atoms with E-state index in [0.29, 0.717) is 6.61 Å². The number of rotatable bonds is 7. The lowest BCUT2D eigenvalue weighted by molar-refractivity contribution is 0.116. The summed E-state index contributed by atoms with van der Waals surface area (Å²) in [5, 5.41) is 4.59. The fourth-order valence-electron chi connectivity index (χ4n) is 2.04. The molecule has 5 heteroatoms. The molecule has 0 unspecified atom stereocenters. The number of fused-ring (bicyclic) bond motifs is 1. The van der Waals surface area contributed by atoms with Crippen molar-refractivity contribution >= 4 is 27.4 Å². The molecule has 0 spiro atoms. The molecule has 0 bridgehead atoms. The maximum atomic E-state index is 5.57. The van der Waals surface area contributed by atoms with Crippen LogP contribution in [0.4, 0.5) is 5.82 Å². The Morgan fingerprint density at radius 3 is 2.65 bits per heavy atom. The van der Waals surface area contributed by atoms with Crippen LogP contribution in [-0.2, 0) is 11.3 Å². The van der Waals surface area contributed by atoms with Crippen LogP contribution < -0.4 is 5.32 Å². The lowest BCUT2D eigenvalue weighted by Gasteiger charge is -2.09. The maximum absolute atomic E-state index is 5.57. The van der Waals surface area contributed by atoms with Crippen molar-refractivity contribution in [3.8, 4) is 0 Å². The van der Waals surface area contributed by atoms with Crippen molar-refractivity contribution < 1.29 is 4.74 Å². The average Bonchev–Trinajstić information content (AvgIpc) is 2.72. The van der Waals surface area contributed by atoms with Crippen LogP contribution in [0.25, 0.3) is 10.2 Å². The largest absolute Gasteiger partial charge is 0.373 e. The molecule has 0 saturated carbocycles. The summed E-state index contributed by atoms with van der Waals surface area (Å²) in [6.45, 7) is 10.7. The fraction of sp³-hybridized carbons (Fsp3) is 0.600. The number of anilines is 1. The average molecular weight is 293 g/mol. The van der Waals surface area contributed by atoms with Crippen molar-refractivity contribution in [2.24, 2.45) is 0 Å². The van der Waals surface area contributed by atoms with E-state index >= 15 is 0 Å². The highest BCUT2D eigenvalue weighted by Gasteiger charge is 2.14. The zero-order valence-electron chi connectivity index (χ0n) is 12.7. The lowest BCUT2D eigenvalue weighted by atomic mass is 10.2. The van der Waals surface area contributed by atoms with Crippen LogP contribution in [0.3, 0.4) is 0 Å². The highest BCUT2D eigenvalue weighted by molar-refractivity contribution is 7.18. The summed E-state index contributed by atoms with van der Waals surface area (Å²) in [6, 6.07) is 0. The highest BCUT2D eigenvalue weighted by atomic mass is 32.1. The Hall–Kier alpha value is -1.20. The van der Waals surface area contributed by atoms with E-state index in [1.165, 1.54) is 15.8 Å². The van der Waals surface area contributed by atoms with E-state index in [2.05, 4.69) is 43.0 Å². The van der Waals surface area contributed by atoms with Crippen LogP contribution >= 0.6 is 11.3 Å². The Labute approximate surface area is 124 Å². The minimum atomic E-state index is 0.487. The van der Waals surface area contributed by atoms with Gasteiger partial charge in [-0.3, -0.25) is 0 Å². The number of aryl methyl sites for hydroxylation is 2. The van der Waals surface area contributed by atoms with E-state index in [4.69, 9.17) is 4.74 Å². The van der Waals surface area contributed by atoms with E-state index in [0.717, 1.165) is 42.5 Å². The Morgan fingerprint density at radius 2 is 1.95 bits per heavy atom. The van der Waals surface area contributed by atoms with Crippen LogP contribution in [-0.4, -0.2) is 23.1 Å². The Morgan fingerprint density at radius 1 is 1.15 bits per heavy atom. The summed E-state index contributed by atoms with van der Waals surface area (Å²) in [5.74, 6) is 1.72. The first-order valence-electron chi connectivity index (χ1n) is 7.25. The van der Waals surface area contributed by atoms with E-state index in [-0.39, 0.29) is 0 Å². The van der Waals surface area contributed by atoms with Crippen molar-refractivity contribution in [2.75, 3.05) is 18.5 Å². The molecule has 0 aliphatic rings. The molecule has 0 saturated heterocycles. The Bertz CT molecular complexity index is 580. The van der Waals surface area contributed by atoms with Gasteiger partial charge in [-0.2, -0.15) is 0 Å². The summed E-state index contributed by atoms with van der Waals surface area (Å²) < 4.78 is 5.57. The van der Waals surface area contributed by atoms with Gasteiger partial charge >= 0.3 is 0 Å². The van der Waals surface area contributed by atoms with Crippen LogP contribution in [0, 0.1) is 13.8 Å². The Balaban J connectivity index is 2.36. The van der Waals surface area contributed by atoms with Crippen molar-refractivity contribution in [3.63, 3.8) is 0 Å². The van der Waals surface area contributed by atoms with Crippen LogP contribution in [0.2, 0.25) is 0 Å². The van der Waals surface area contributed by atoms with E-state index in [1.807, 2.05) is 0 Å². The topological polar surface area (TPSA) is 47.0 Å². The molecule has 110 valence electrons. The third kappa shape index (κ3) is 3.27. The van der Waals surface area contributed by atoms with Gasteiger partial charge in [-0.25, -0.2) is 9.97 Å². The molecule has 0 aliphatic heterocycles. The molecule has 1 N–H and O–H groups in total. The number of hydrogen-bond donors (Lipinski definition) is 1. The molecule has 0 aliphatic carbocycles. The van der Waals surface area contributed by atoms with Gasteiger partial charge in [-0.15, -0.1) is 11.3 Å². The molecule has 0 radical (unpaired) electrons. The van der Waals surface area contributed by atoms with Gasteiger partial charge in [-0.1, -0.05) is 13.8 Å². The summed E-state index contributed by atoms with van der Waals surface area (Å²) >= 11 is 1.73. The van der Waals surface area contributed by atoms with Crippen molar-refractivity contribution in [1.82, 2.24) is 9.97 Å². The molecule has 0 atom stereocenters. The molecule has 2 heterocycles. The summed E-state index contributed by atoms with van der Waals surface area (Å²) in [7, 11) is 0. The smallest absolute Gasteiger partial charge is 0.158 e. The van der Waals surface area contributed by atoms with Gasteiger partial charge in [0.1, 0.15) is 17.3 Å². The number of hydrogen-bond acceptors (Lipinski definition) is 5. The molecule has 4 nitrogen and oxygen atoms in total. The van der Waals surface area contributed by atoms with E-state index in [1.54, 1.807) is 11.3 Å². The third-order valence-corrected chi connectivity index (χ3v) is 4.30. The van der Waals surface area contributed by atoms with Crippen molar-refractivity contribution in [3.05, 3.63) is 16.3 Å².